The first-order valence-corrected chi connectivity index (χ1v) is 14.7. The zero-order valence-corrected chi connectivity index (χ0v) is 23.1. The normalized spacial score (nSPS) is 14.3. The molecule has 5 nitrogen and oxygen atoms in total. The molecule has 6 heteroatoms. The summed E-state index contributed by atoms with van der Waals surface area (Å²) in [4.78, 5) is 7.56. The van der Waals surface area contributed by atoms with Gasteiger partial charge in [-0.1, -0.05) is 56.3 Å². The van der Waals surface area contributed by atoms with Gasteiger partial charge in [0, 0.05) is 37.4 Å². The molecule has 3 aromatic rings. The number of hydrogen-bond donors (Lipinski definition) is 1. The molecular formula is C30H39N3O2S. The Morgan fingerprint density at radius 3 is 2.28 bits per heavy atom. The SMILES string of the molecule is CCc1cccc(CC)c1-c1cc(CNS(=O)(=O)C(C)C)c(CN2CCc3ccccc3C2)c(C)n1. The Morgan fingerprint density at radius 2 is 1.64 bits per heavy atom. The number of pyridine rings is 1. The Morgan fingerprint density at radius 1 is 0.972 bits per heavy atom. The highest BCUT2D eigenvalue weighted by molar-refractivity contribution is 7.90. The minimum absolute atomic E-state index is 0.270. The Bertz CT molecular complexity index is 1310. The largest absolute Gasteiger partial charge is 0.294 e. The van der Waals surface area contributed by atoms with Gasteiger partial charge in [0.2, 0.25) is 10.0 Å². The van der Waals surface area contributed by atoms with Gasteiger partial charge in [0.05, 0.1) is 10.9 Å². The van der Waals surface area contributed by atoms with Crippen LogP contribution in [0.5, 0.6) is 0 Å². The fourth-order valence-corrected chi connectivity index (χ4v) is 5.79. The second-order valence-corrected chi connectivity index (χ2v) is 12.4. The fraction of sp³-hybridized carbons (Fsp3) is 0.433. The van der Waals surface area contributed by atoms with Crippen LogP contribution in [0.4, 0.5) is 0 Å². The molecule has 1 N–H and O–H groups in total. The monoisotopic (exact) mass is 505 g/mol. The summed E-state index contributed by atoms with van der Waals surface area (Å²) in [5.74, 6) is 0. The van der Waals surface area contributed by atoms with E-state index in [2.05, 4.69) is 78.9 Å². The molecule has 0 spiro atoms. The van der Waals surface area contributed by atoms with Crippen molar-refractivity contribution in [1.29, 1.82) is 0 Å². The van der Waals surface area contributed by atoms with Crippen molar-refractivity contribution in [2.24, 2.45) is 0 Å². The highest BCUT2D eigenvalue weighted by Gasteiger charge is 2.22. The molecule has 0 radical (unpaired) electrons. The quantitative estimate of drug-likeness (QED) is 0.413. The summed E-state index contributed by atoms with van der Waals surface area (Å²) in [5, 5.41) is -0.477. The van der Waals surface area contributed by atoms with E-state index >= 15 is 0 Å². The lowest BCUT2D eigenvalue weighted by atomic mass is 9.92. The highest BCUT2D eigenvalue weighted by Crippen LogP contribution is 2.31. The summed E-state index contributed by atoms with van der Waals surface area (Å²) in [5.41, 5.74) is 10.6. The van der Waals surface area contributed by atoms with E-state index in [1.54, 1.807) is 13.8 Å². The van der Waals surface area contributed by atoms with Crippen LogP contribution in [-0.4, -0.2) is 30.1 Å². The van der Waals surface area contributed by atoms with Crippen LogP contribution < -0.4 is 4.72 Å². The van der Waals surface area contributed by atoms with Crippen LogP contribution in [0.25, 0.3) is 11.3 Å². The molecule has 2 aromatic carbocycles. The van der Waals surface area contributed by atoms with Crippen molar-refractivity contribution in [2.45, 2.75) is 78.8 Å². The molecule has 192 valence electrons. The maximum absolute atomic E-state index is 12.6. The van der Waals surface area contributed by atoms with E-state index in [0.717, 1.165) is 61.4 Å². The van der Waals surface area contributed by atoms with Gasteiger partial charge >= 0.3 is 0 Å². The number of aromatic nitrogens is 1. The molecular weight excluding hydrogens is 466 g/mol. The third-order valence-corrected chi connectivity index (χ3v) is 9.14. The van der Waals surface area contributed by atoms with Crippen molar-refractivity contribution in [1.82, 2.24) is 14.6 Å². The summed E-state index contributed by atoms with van der Waals surface area (Å²) in [6.45, 7) is 12.7. The van der Waals surface area contributed by atoms with Crippen molar-refractivity contribution in [3.8, 4) is 11.3 Å². The summed E-state index contributed by atoms with van der Waals surface area (Å²) >= 11 is 0. The molecule has 0 bridgehead atoms. The van der Waals surface area contributed by atoms with E-state index in [-0.39, 0.29) is 6.54 Å². The van der Waals surface area contributed by atoms with Gasteiger partial charge in [-0.05, 0) is 79.5 Å². The van der Waals surface area contributed by atoms with E-state index in [1.165, 1.54) is 27.8 Å². The predicted molar refractivity (Wildman–Crippen MR) is 148 cm³/mol. The van der Waals surface area contributed by atoms with Crippen molar-refractivity contribution < 1.29 is 8.42 Å². The van der Waals surface area contributed by atoms with Gasteiger partial charge in [-0.2, -0.15) is 0 Å². The van der Waals surface area contributed by atoms with E-state index in [9.17, 15) is 8.42 Å². The molecule has 0 fully saturated rings. The molecule has 2 heterocycles. The molecule has 1 aromatic heterocycles. The molecule has 1 aliphatic heterocycles. The standard InChI is InChI=1S/C30H39N3O2S/c1-6-23-13-10-14-24(7-2)30(23)29-17-27(18-31-36(34,35)21(3)4)28(22(5)32-29)20-33-16-15-25-11-8-9-12-26(25)19-33/h8-14,17,21,31H,6-7,15-16,18-20H2,1-5H3. The number of sulfonamides is 1. The number of rotatable bonds is 9. The molecule has 0 amide bonds. The van der Waals surface area contributed by atoms with Crippen LogP contribution in [0, 0.1) is 6.92 Å². The van der Waals surface area contributed by atoms with Gasteiger partial charge in [0.1, 0.15) is 0 Å². The first-order valence-electron chi connectivity index (χ1n) is 13.1. The first-order chi connectivity index (χ1) is 17.2. The molecule has 0 aliphatic carbocycles. The van der Waals surface area contributed by atoms with Gasteiger partial charge in [-0.25, -0.2) is 13.1 Å². The Labute approximate surface area is 217 Å². The summed E-state index contributed by atoms with van der Waals surface area (Å²) in [6.07, 6.45) is 2.88. The summed E-state index contributed by atoms with van der Waals surface area (Å²) in [6, 6.07) is 17.2. The molecule has 36 heavy (non-hydrogen) atoms. The van der Waals surface area contributed by atoms with Crippen molar-refractivity contribution in [3.05, 3.63) is 87.6 Å². The fourth-order valence-electron chi connectivity index (χ4n) is 5.10. The second kappa shape index (κ2) is 11.2. The van der Waals surface area contributed by atoms with E-state index in [1.807, 2.05) is 0 Å². The van der Waals surface area contributed by atoms with Crippen molar-refractivity contribution in [3.63, 3.8) is 0 Å². The van der Waals surface area contributed by atoms with E-state index in [0.29, 0.717) is 0 Å². The van der Waals surface area contributed by atoms with Crippen LogP contribution in [0.15, 0.2) is 48.5 Å². The van der Waals surface area contributed by atoms with Gasteiger partial charge < -0.3 is 0 Å². The minimum atomic E-state index is -3.39. The number of hydrogen-bond acceptors (Lipinski definition) is 4. The van der Waals surface area contributed by atoms with Gasteiger partial charge in [0.15, 0.2) is 0 Å². The molecule has 4 rings (SSSR count). The maximum atomic E-state index is 12.6. The number of aryl methyl sites for hydroxylation is 3. The third kappa shape index (κ3) is 5.72. The van der Waals surface area contributed by atoms with Gasteiger partial charge in [-0.15, -0.1) is 0 Å². The molecule has 1 aliphatic rings. The number of nitrogens with one attached hydrogen (secondary N) is 1. The Balaban J connectivity index is 1.74. The van der Waals surface area contributed by atoms with Crippen molar-refractivity contribution >= 4 is 10.0 Å². The number of benzene rings is 2. The van der Waals surface area contributed by atoms with E-state index in [4.69, 9.17) is 4.98 Å². The average Bonchev–Trinajstić information content (AvgIpc) is 2.88. The maximum Gasteiger partial charge on any atom is 0.214 e. The smallest absolute Gasteiger partial charge is 0.214 e. The van der Waals surface area contributed by atoms with Gasteiger partial charge in [-0.3, -0.25) is 9.88 Å². The van der Waals surface area contributed by atoms with E-state index < -0.39 is 15.3 Å². The Hall–Kier alpha value is -2.54. The van der Waals surface area contributed by atoms with Crippen LogP contribution in [0.3, 0.4) is 0 Å². The predicted octanol–water partition coefficient (Wildman–Crippen LogP) is 5.57. The zero-order valence-electron chi connectivity index (χ0n) is 22.3. The van der Waals surface area contributed by atoms with Crippen molar-refractivity contribution in [2.75, 3.05) is 6.54 Å². The highest BCUT2D eigenvalue weighted by atomic mass is 32.2. The molecule has 0 saturated carbocycles. The lowest BCUT2D eigenvalue weighted by Gasteiger charge is -2.30. The molecule has 0 atom stereocenters. The topological polar surface area (TPSA) is 62.3 Å². The number of nitrogens with zero attached hydrogens (tertiary/aromatic N) is 2. The van der Waals surface area contributed by atoms with Crippen LogP contribution in [0.1, 0.15) is 66.8 Å². The zero-order chi connectivity index (χ0) is 25.9. The third-order valence-electron chi connectivity index (χ3n) is 7.35. The summed E-state index contributed by atoms with van der Waals surface area (Å²) < 4.78 is 28.1. The average molecular weight is 506 g/mol. The number of fused-ring (bicyclic) bond motifs is 1. The minimum Gasteiger partial charge on any atom is -0.294 e. The lowest BCUT2D eigenvalue weighted by molar-refractivity contribution is 0.244. The van der Waals surface area contributed by atoms with Crippen LogP contribution in [-0.2, 0) is 48.9 Å². The molecule has 0 unspecified atom stereocenters. The second-order valence-electron chi connectivity index (χ2n) is 10.0. The molecule has 0 saturated heterocycles. The van der Waals surface area contributed by atoms with Gasteiger partial charge in [0.25, 0.3) is 0 Å². The Kier molecular flexibility index (Phi) is 8.28. The summed E-state index contributed by atoms with van der Waals surface area (Å²) in [7, 11) is -3.39. The van der Waals surface area contributed by atoms with Crippen LogP contribution in [0.2, 0.25) is 0 Å². The first kappa shape index (κ1) is 26.5. The van der Waals surface area contributed by atoms with Crippen LogP contribution >= 0.6 is 0 Å². The lowest BCUT2D eigenvalue weighted by Crippen LogP contribution is -2.33.